The lowest BCUT2D eigenvalue weighted by Crippen LogP contribution is -1.79. The molecule has 0 saturated heterocycles. The molecule has 0 amide bonds. The quantitative estimate of drug-likeness (QED) is 0.731. The molecule has 4 nitrogen and oxygen atoms in total. The van der Waals surface area contributed by atoms with Crippen molar-refractivity contribution in [1.29, 1.82) is 10.5 Å². The zero-order valence-corrected chi connectivity index (χ0v) is 8.79. The molecule has 0 aliphatic rings. The smallest absolute Gasteiger partial charge is 0.181 e. The molecular formula is C13H7N3O. The Balaban J connectivity index is 2.41. The van der Waals surface area contributed by atoms with Gasteiger partial charge >= 0.3 is 0 Å². The number of hydrogen-bond donors (Lipinski definition) is 0. The van der Waals surface area contributed by atoms with Crippen LogP contribution >= 0.6 is 0 Å². The average molecular weight is 221 g/mol. The van der Waals surface area contributed by atoms with Gasteiger partial charge in [0, 0.05) is 5.56 Å². The van der Waals surface area contributed by atoms with Crippen molar-refractivity contribution in [2.24, 2.45) is 0 Å². The van der Waals surface area contributed by atoms with Crippen molar-refractivity contribution in [2.45, 2.75) is 0 Å². The van der Waals surface area contributed by atoms with Gasteiger partial charge in [-0.2, -0.15) is 10.5 Å². The lowest BCUT2D eigenvalue weighted by molar-refractivity contribution is 0.572. The second-order valence-corrected chi connectivity index (χ2v) is 3.27. The molecule has 0 aliphatic heterocycles. The van der Waals surface area contributed by atoms with Crippen LogP contribution in [0.25, 0.3) is 17.4 Å². The van der Waals surface area contributed by atoms with E-state index in [1.807, 2.05) is 36.4 Å². The van der Waals surface area contributed by atoms with E-state index >= 15 is 0 Å². The first-order valence-corrected chi connectivity index (χ1v) is 4.84. The molecule has 1 aromatic carbocycles. The first-order valence-electron chi connectivity index (χ1n) is 4.84. The third kappa shape index (κ3) is 2.39. The molecule has 0 radical (unpaired) electrons. The van der Waals surface area contributed by atoms with Crippen LogP contribution in [0.4, 0.5) is 0 Å². The molecule has 0 N–H and O–H groups in total. The van der Waals surface area contributed by atoms with Gasteiger partial charge in [0.15, 0.2) is 12.2 Å². The highest BCUT2D eigenvalue weighted by Crippen LogP contribution is 2.20. The molecule has 17 heavy (non-hydrogen) atoms. The molecule has 2 rings (SSSR count). The van der Waals surface area contributed by atoms with Crippen LogP contribution in [0.3, 0.4) is 0 Å². The van der Waals surface area contributed by atoms with E-state index in [1.54, 1.807) is 6.20 Å². The van der Waals surface area contributed by atoms with Gasteiger partial charge in [0.05, 0.1) is 6.20 Å². The topological polar surface area (TPSA) is 73.6 Å². The van der Waals surface area contributed by atoms with E-state index in [2.05, 4.69) is 4.98 Å². The van der Waals surface area contributed by atoms with Gasteiger partial charge in [-0.15, -0.1) is 0 Å². The van der Waals surface area contributed by atoms with Crippen molar-refractivity contribution in [3.8, 4) is 23.5 Å². The maximum atomic E-state index is 8.67. The number of nitrogens with zero attached hydrogens (tertiary/aromatic N) is 3. The van der Waals surface area contributed by atoms with Crippen molar-refractivity contribution >= 4 is 6.08 Å². The monoisotopic (exact) mass is 221 g/mol. The Morgan fingerprint density at radius 1 is 1.29 bits per heavy atom. The third-order valence-corrected chi connectivity index (χ3v) is 2.16. The van der Waals surface area contributed by atoms with Crippen molar-refractivity contribution in [3.05, 3.63) is 48.0 Å². The Bertz CT molecular complexity index is 611. The summed E-state index contributed by atoms with van der Waals surface area (Å²) in [5.41, 5.74) is 1.70. The summed E-state index contributed by atoms with van der Waals surface area (Å²) >= 11 is 0. The van der Waals surface area contributed by atoms with Crippen molar-refractivity contribution in [1.82, 2.24) is 4.98 Å². The van der Waals surface area contributed by atoms with Gasteiger partial charge in [-0.25, -0.2) is 4.98 Å². The van der Waals surface area contributed by atoms with Crippen LogP contribution in [0.1, 0.15) is 5.56 Å². The summed E-state index contributed by atoms with van der Waals surface area (Å²) in [6, 6.07) is 11.0. The molecule has 0 saturated carbocycles. The van der Waals surface area contributed by atoms with Gasteiger partial charge in [-0.1, -0.05) is 18.2 Å². The summed E-state index contributed by atoms with van der Waals surface area (Å²) < 4.78 is 5.17. The summed E-state index contributed by atoms with van der Waals surface area (Å²) in [5, 5.41) is 17.3. The molecule has 0 spiro atoms. The summed E-state index contributed by atoms with van der Waals surface area (Å²) in [7, 11) is 0. The minimum Gasteiger partial charge on any atom is -0.444 e. The summed E-state index contributed by atoms with van der Waals surface area (Å²) in [5.74, 6) is 0.649. The maximum Gasteiger partial charge on any atom is 0.181 e. The molecule has 1 heterocycles. The van der Waals surface area contributed by atoms with E-state index in [0.29, 0.717) is 5.76 Å². The second-order valence-electron chi connectivity index (χ2n) is 3.27. The lowest BCUT2D eigenvalue weighted by Gasteiger charge is -1.98. The Morgan fingerprint density at radius 3 is 2.76 bits per heavy atom. The molecule has 0 aliphatic carbocycles. The van der Waals surface area contributed by atoms with Gasteiger partial charge in [-0.05, 0) is 17.7 Å². The van der Waals surface area contributed by atoms with E-state index in [1.165, 1.54) is 12.5 Å². The van der Waals surface area contributed by atoms with Gasteiger partial charge in [0.25, 0.3) is 0 Å². The van der Waals surface area contributed by atoms with E-state index in [4.69, 9.17) is 14.9 Å². The standard InChI is InChI=1S/C13H7N3O/c14-6-11(7-15)4-10-2-1-3-12(5-10)13-8-16-9-17-13/h1-5,8-9H. The third-order valence-electron chi connectivity index (χ3n) is 2.16. The second kappa shape index (κ2) is 4.78. The largest absolute Gasteiger partial charge is 0.444 e. The molecular weight excluding hydrogens is 214 g/mol. The fourth-order valence-electron chi connectivity index (χ4n) is 1.40. The summed E-state index contributed by atoms with van der Waals surface area (Å²) in [6.45, 7) is 0. The van der Waals surface area contributed by atoms with Crippen LogP contribution in [-0.2, 0) is 0 Å². The SMILES string of the molecule is N#CC(C#N)=Cc1cccc(-c2cnco2)c1. The highest BCUT2D eigenvalue weighted by Gasteiger charge is 2.02. The maximum absolute atomic E-state index is 8.67. The molecule has 0 atom stereocenters. The molecule has 4 heteroatoms. The fourth-order valence-corrected chi connectivity index (χ4v) is 1.40. The zero-order valence-electron chi connectivity index (χ0n) is 8.79. The van der Waals surface area contributed by atoms with Crippen LogP contribution in [0.2, 0.25) is 0 Å². The lowest BCUT2D eigenvalue weighted by atomic mass is 10.1. The Hall–Kier alpha value is -2.85. The van der Waals surface area contributed by atoms with Crippen molar-refractivity contribution < 1.29 is 4.42 Å². The number of nitriles is 2. The average Bonchev–Trinajstić information content (AvgIpc) is 2.90. The predicted octanol–water partition coefficient (Wildman–Crippen LogP) is 2.77. The molecule has 0 unspecified atom stereocenters. The number of hydrogen-bond acceptors (Lipinski definition) is 4. The van der Waals surface area contributed by atoms with E-state index in [-0.39, 0.29) is 5.57 Å². The minimum atomic E-state index is 0.0692. The number of allylic oxidation sites excluding steroid dienone is 1. The Morgan fingerprint density at radius 2 is 2.12 bits per heavy atom. The van der Waals surface area contributed by atoms with Crippen LogP contribution < -0.4 is 0 Å². The van der Waals surface area contributed by atoms with Gasteiger partial charge in [0.1, 0.15) is 17.7 Å². The highest BCUT2D eigenvalue weighted by atomic mass is 16.3. The molecule has 2 aromatic rings. The number of oxazole rings is 1. The fraction of sp³-hybridized carbons (Fsp3) is 0. The van der Waals surface area contributed by atoms with E-state index < -0.39 is 0 Å². The Labute approximate surface area is 98.1 Å². The molecule has 1 aromatic heterocycles. The predicted molar refractivity (Wildman–Crippen MR) is 61.1 cm³/mol. The van der Waals surface area contributed by atoms with Gasteiger partial charge in [-0.3, -0.25) is 0 Å². The van der Waals surface area contributed by atoms with E-state index in [0.717, 1.165) is 11.1 Å². The summed E-state index contributed by atoms with van der Waals surface area (Å²) in [4.78, 5) is 3.83. The highest BCUT2D eigenvalue weighted by molar-refractivity contribution is 5.67. The molecule has 0 fully saturated rings. The van der Waals surface area contributed by atoms with Crippen LogP contribution in [-0.4, -0.2) is 4.98 Å². The molecule has 80 valence electrons. The van der Waals surface area contributed by atoms with Crippen molar-refractivity contribution in [2.75, 3.05) is 0 Å². The first kappa shape index (κ1) is 10.7. The van der Waals surface area contributed by atoms with Gasteiger partial charge < -0.3 is 4.42 Å². The first-order chi connectivity index (χ1) is 8.33. The molecule has 0 bridgehead atoms. The summed E-state index contributed by atoms with van der Waals surface area (Å²) in [6.07, 6.45) is 4.49. The van der Waals surface area contributed by atoms with Crippen LogP contribution in [0, 0.1) is 22.7 Å². The van der Waals surface area contributed by atoms with Crippen LogP contribution in [0.15, 0.2) is 46.8 Å². The van der Waals surface area contributed by atoms with Crippen LogP contribution in [0.5, 0.6) is 0 Å². The minimum absolute atomic E-state index is 0.0692. The van der Waals surface area contributed by atoms with E-state index in [9.17, 15) is 0 Å². The Kier molecular flexibility index (Phi) is 3.00. The zero-order chi connectivity index (χ0) is 12.1. The van der Waals surface area contributed by atoms with Crippen molar-refractivity contribution in [3.63, 3.8) is 0 Å². The number of rotatable bonds is 2. The number of aromatic nitrogens is 1. The normalized spacial score (nSPS) is 9.06. The number of benzene rings is 1. The van der Waals surface area contributed by atoms with Gasteiger partial charge in [0.2, 0.25) is 0 Å².